The van der Waals surface area contributed by atoms with Crippen LogP contribution in [0.5, 0.6) is 0 Å². The molecule has 2 aromatic heterocycles. The van der Waals surface area contributed by atoms with E-state index >= 15 is 0 Å². The number of nitrogens with one attached hydrogen (secondary N) is 1. The van der Waals surface area contributed by atoms with Crippen LogP contribution in [0.15, 0.2) is 72.4 Å². The molecule has 0 bridgehead atoms. The van der Waals surface area contributed by atoms with E-state index in [1.807, 2.05) is 66.0 Å². The normalized spacial score (nSPS) is 10.2. The van der Waals surface area contributed by atoms with Crippen LogP contribution in [0.4, 0.5) is 0 Å². The zero-order valence-electron chi connectivity index (χ0n) is 13.1. The third-order valence-electron chi connectivity index (χ3n) is 3.66. The Labute approximate surface area is 148 Å². The van der Waals surface area contributed by atoms with Gasteiger partial charge in [0.05, 0.1) is 11.0 Å². The van der Waals surface area contributed by atoms with E-state index in [2.05, 4.69) is 22.3 Å². The molecule has 0 unspecified atom stereocenters. The minimum Gasteiger partial charge on any atom is -0.266 e. The van der Waals surface area contributed by atoms with Crippen molar-refractivity contribution >= 4 is 28.3 Å². The van der Waals surface area contributed by atoms with Gasteiger partial charge >= 0.3 is 0 Å². The van der Waals surface area contributed by atoms with E-state index in [0.29, 0.717) is 4.88 Å². The van der Waals surface area contributed by atoms with Gasteiger partial charge in [-0.1, -0.05) is 42.2 Å². The molecule has 0 spiro atoms. The largest absolute Gasteiger partial charge is 0.281 e. The summed E-state index contributed by atoms with van der Waals surface area (Å²) in [6.45, 7) is 0. The highest BCUT2D eigenvalue weighted by Crippen LogP contribution is 2.17. The molecule has 2 aromatic carbocycles. The van der Waals surface area contributed by atoms with Crippen LogP contribution in [0.25, 0.3) is 11.0 Å². The monoisotopic (exact) mass is 343 g/mol. The van der Waals surface area contributed by atoms with Crippen molar-refractivity contribution < 1.29 is 4.79 Å². The Morgan fingerprint density at radius 1 is 1.00 bits per heavy atom. The summed E-state index contributed by atoms with van der Waals surface area (Å²) < 4.78 is 1.63. The van der Waals surface area contributed by atoms with Gasteiger partial charge in [0.25, 0.3) is 5.91 Å². The molecule has 0 radical (unpaired) electrons. The maximum Gasteiger partial charge on any atom is 0.281 e. The van der Waals surface area contributed by atoms with Gasteiger partial charge in [-0.2, -0.15) is 0 Å². The lowest BCUT2D eigenvalue weighted by Crippen LogP contribution is -2.21. The van der Waals surface area contributed by atoms with Gasteiger partial charge in [0, 0.05) is 11.1 Å². The molecule has 4 nitrogen and oxygen atoms in total. The molecule has 120 valence electrons. The van der Waals surface area contributed by atoms with E-state index in [0.717, 1.165) is 22.2 Å². The van der Waals surface area contributed by atoms with Gasteiger partial charge in [0.1, 0.15) is 11.2 Å². The van der Waals surface area contributed by atoms with Crippen molar-refractivity contribution in [3.63, 3.8) is 0 Å². The molecule has 2 heterocycles. The van der Waals surface area contributed by atoms with Gasteiger partial charge in [0.2, 0.25) is 0 Å². The maximum atomic E-state index is 12.6. The van der Waals surface area contributed by atoms with Crippen molar-refractivity contribution in [1.29, 1.82) is 0 Å². The molecule has 4 rings (SSSR count). The molecule has 0 saturated carbocycles. The number of thiophene rings is 1. The molecular formula is C20H13N3OS. The van der Waals surface area contributed by atoms with Crippen LogP contribution in [0, 0.1) is 11.8 Å². The number of fused-ring (bicyclic) bond motifs is 1. The van der Waals surface area contributed by atoms with Gasteiger partial charge in [0.15, 0.2) is 0 Å². The fourth-order valence-corrected chi connectivity index (χ4v) is 3.19. The maximum absolute atomic E-state index is 12.6. The SMILES string of the molecule is O=C(Nn1cnc2ccccc21)c1sccc1C#Cc1ccccc1. The summed E-state index contributed by atoms with van der Waals surface area (Å²) in [6, 6.07) is 19.2. The number of aromatic nitrogens is 2. The number of hydrogen-bond donors (Lipinski definition) is 1. The number of amides is 1. The van der Waals surface area contributed by atoms with Crippen molar-refractivity contribution in [3.8, 4) is 11.8 Å². The molecule has 0 aliphatic carbocycles. The van der Waals surface area contributed by atoms with Gasteiger partial charge in [-0.15, -0.1) is 11.3 Å². The average Bonchev–Trinajstić information content (AvgIpc) is 3.28. The third-order valence-corrected chi connectivity index (χ3v) is 4.58. The number of imidazole rings is 1. The number of carbonyl (C=O) groups excluding carboxylic acids is 1. The molecule has 1 N–H and O–H groups in total. The molecule has 25 heavy (non-hydrogen) atoms. The molecule has 0 fully saturated rings. The van der Waals surface area contributed by atoms with Crippen molar-refractivity contribution in [2.45, 2.75) is 0 Å². The van der Waals surface area contributed by atoms with Crippen molar-refractivity contribution in [2.24, 2.45) is 0 Å². The summed E-state index contributed by atoms with van der Waals surface area (Å²) in [4.78, 5) is 17.5. The van der Waals surface area contributed by atoms with Gasteiger partial charge in [-0.05, 0) is 35.7 Å². The zero-order valence-corrected chi connectivity index (χ0v) is 14.0. The Bertz CT molecular complexity index is 1100. The fourth-order valence-electron chi connectivity index (χ4n) is 2.45. The second-order valence-corrected chi connectivity index (χ2v) is 6.24. The van der Waals surface area contributed by atoms with E-state index in [9.17, 15) is 4.79 Å². The van der Waals surface area contributed by atoms with E-state index in [1.54, 1.807) is 11.0 Å². The van der Waals surface area contributed by atoms with Gasteiger partial charge < -0.3 is 0 Å². The number of carbonyl (C=O) groups is 1. The molecule has 0 atom stereocenters. The van der Waals surface area contributed by atoms with Crippen LogP contribution in [-0.2, 0) is 0 Å². The van der Waals surface area contributed by atoms with Crippen molar-refractivity contribution in [3.05, 3.63) is 88.4 Å². The first kappa shape index (κ1) is 15.2. The predicted octanol–water partition coefficient (Wildman–Crippen LogP) is 3.88. The van der Waals surface area contributed by atoms with Crippen LogP contribution in [0.3, 0.4) is 0 Å². The van der Waals surface area contributed by atoms with Crippen molar-refractivity contribution in [1.82, 2.24) is 9.66 Å². The minimum atomic E-state index is -0.199. The first-order valence-electron chi connectivity index (χ1n) is 7.69. The van der Waals surface area contributed by atoms with E-state index in [1.165, 1.54) is 11.3 Å². The molecule has 5 heteroatoms. The van der Waals surface area contributed by atoms with E-state index in [4.69, 9.17) is 0 Å². The standard InChI is InChI=1S/C20H13N3OS/c24-20(22-23-14-21-17-8-4-5-9-18(17)23)19-16(12-13-25-19)11-10-15-6-2-1-3-7-15/h1-9,12-14H,(H,22,24). The first-order chi connectivity index (χ1) is 12.3. The molecule has 0 saturated heterocycles. The second-order valence-electron chi connectivity index (χ2n) is 5.32. The highest BCUT2D eigenvalue weighted by molar-refractivity contribution is 7.12. The third kappa shape index (κ3) is 3.16. The second kappa shape index (κ2) is 6.63. The number of hydrogen-bond acceptors (Lipinski definition) is 3. The Hall–Kier alpha value is -3.36. The Balaban J connectivity index is 1.60. The van der Waals surface area contributed by atoms with Crippen LogP contribution >= 0.6 is 11.3 Å². The summed E-state index contributed by atoms with van der Waals surface area (Å²) in [5.74, 6) is 5.97. The summed E-state index contributed by atoms with van der Waals surface area (Å²) in [6.07, 6.45) is 1.60. The lowest BCUT2D eigenvalue weighted by Gasteiger charge is -2.06. The number of nitrogens with zero attached hydrogens (tertiary/aromatic N) is 2. The summed E-state index contributed by atoms with van der Waals surface area (Å²) in [7, 11) is 0. The summed E-state index contributed by atoms with van der Waals surface area (Å²) in [5.41, 5.74) is 6.18. The Kier molecular flexibility index (Phi) is 4.03. The smallest absolute Gasteiger partial charge is 0.266 e. The van der Waals surface area contributed by atoms with Crippen LogP contribution in [0.1, 0.15) is 20.8 Å². The highest BCUT2D eigenvalue weighted by atomic mass is 32.1. The van der Waals surface area contributed by atoms with Crippen LogP contribution in [0.2, 0.25) is 0 Å². The quantitative estimate of drug-likeness (QED) is 0.562. The average molecular weight is 343 g/mol. The molecule has 0 aliphatic rings. The number of para-hydroxylation sites is 2. The van der Waals surface area contributed by atoms with E-state index in [-0.39, 0.29) is 5.91 Å². The Morgan fingerprint density at radius 2 is 1.80 bits per heavy atom. The zero-order chi connectivity index (χ0) is 17.1. The van der Waals surface area contributed by atoms with Gasteiger partial charge in [-0.3, -0.25) is 10.2 Å². The highest BCUT2D eigenvalue weighted by Gasteiger charge is 2.13. The van der Waals surface area contributed by atoms with Crippen molar-refractivity contribution in [2.75, 3.05) is 5.43 Å². The number of rotatable bonds is 2. The lowest BCUT2D eigenvalue weighted by molar-refractivity contribution is 0.101. The molecular weight excluding hydrogens is 330 g/mol. The molecule has 0 aliphatic heterocycles. The Morgan fingerprint density at radius 3 is 2.68 bits per heavy atom. The first-order valence-corrected chi connectivity index (χ1v) is 8.57. The topological polar surface area (TPSA) is 46.9 Å². The predicted molar refractivity (Wildman–Crippen MR) is 100 cm³/mol. The number of benzene rings is 2. The molecule has 1 amide bonds. The van der Waals surface area contributed by atoms with E-state index < -0.39 is 0 Å². The molecule has 4 aromatic rings. The van der Waals surface area contributed by atoms with Crippen LogP contribution < -0.4 is 5.43 Å². The van der Waals surface area contributed by atoms with Gasteiger partial charge in [-0.25, -0.2) is 9.66 Å². The minimum absolute atomic E-state index is 0.199. The summed E-state index contributed by atoms with van der Waals surface area (Å²) >= 11 is 1.37. The van der Waals surface area contributed by atoms with Crippen LogP contribution in [-0.4, -0.2) is 15.6 Å². The summed E-state index contributed by atoms with van der Waals surface area (Å²) in [5, 5.41) is 1.87. The fraction of sp³-hybridized carbons (Fsp3) is 0. The lowest BCUT2D eigenvalue weighted by atomic mass is 10.2.